The Bertz CT molecular complexity index is 460. The molecule has 1 N–H and O–H groups in total. The second kappa shape index (κ2) is 6.02. The van der Waals surface area contributed by atoms with Crippen molar-refractivity contribution in [3.8, 4) is 5.75 Å². The minimum Gasteiger partial charge on any atom is -0.497 e. The highest BCUT2D eigenvalue weighted by molar-refractivity contribution is 5.66. The van der Waals surface area contributed by atoms with E-state index in [0.29, 0.717) is 30.4 Å². The predicted molar refractivity (Wildman–Crippen MR) is 68.6 cm³/mol. The number of methoxy groups -OCH3 is 1. The molecule has 0 spiro atoms. The van der Waals surface area contributed by atoms with Crippen molar-refractivity contribution < 1.29 is 19.0 Å². The largest absolute Gasteiger partial charge is 0.497 e. The highest BCUT2D eigenvalue weighted by atomic mass is 19.1. The van der Waals surface area contributed by atoms with E-state index in [2.05, 4.69) is 0 Å². The molecule has 0 unspecified atom stereocenters. The van der Waals surface area contributed by atoms with Gasteiger partial charge in [-0.1, -0.05) is 6.07 Å². The molecule has 4 nitrogen and oxygen atoms in total. The molecule has 0 saturated heterocycles. The average molecular weight is 267 g/mol. The molecule has 1 aromatic carbocycles. The second-order valence-corrected chi connectivity index (χ2v) is 4.80. The summed E-state index contributed by atoms with van der Waals surface area (Å²) in [5.41, 5.74) is 0.582. The van der Waals surface area contributed by atoms with E-state index in [0.717, 1.165) is 12.8 Å². The Morgan fingerprint density at radius 2 is 2.26 bits per heavy atom. The van der Waals surface area contributed by atoms with Gasteiger partial charge in [-0.2, -0.15) is 0 Å². The van der Waals surface area contributed by atoms with E-state index in [-0.39, 0.29) is 12.2 Å². The van der Waals surface area contributed by atoms with Crippen LogP contribution >= 0.6 is 0 Å². The van der Waals surface area contributed by atoms with Gasteiger partial charge in [0, 0.05) is 30.8 Å². The first-order chi connectivity index (χ1) is 9.10. The molecule has 1 fully saturated rings. The Balaban J connectivity index is 2.02. The van der Waals surface area contributed by atoms with Gasteiger partial charge in [-0.15, -0.1) is 0 Å². The lowest BCUT2D eigenvalue weighted by Gasteiger charge is -2.21. The Labute approximate surface area is 111 Å². The fraction of sp³-hybridized carbons (Fsp3) is 0.500. The molecule has 5 heteroatoms. The number of ether oxygens (including phenoxy) is 1. The highest BCUT2D eigenvalue weighted by Gasteiger charge is 2.29. The van der Waals surface area contributed by atoms with Crippen molar-refractivity contribution in [1.82, 2.24) is 4.90 Å². The first-order valence-corrected chi connectivity index (χ1v) is 6.38. The first kappa shape index (κ1) is 13.8. The maximum atomic E-state index is 13.9. The number of rotatable bonds is 7. The van der Waals surface area contributed by atoms with Crippen LogP contribution < -0.4 is 4.74 Å². The van der Waals surface area contributed by atoms with Crippen molar-refractivity contribution in [2.24, 2.45) is 0 Å². The zero-order valence-electron chi connectivity index (χ0n) is 10.9. The zero-order valence-corrected chi connectivity index (χ0v) is 10.9. The average Bonchev–Trinajstić information content (AvgIpc) is 3.20. The molecule has 0 aromatic heterocycles. The Kier molecular flexibility index (Phi) is 4.37. The van der Waals surface area contributed by atoms with Crippen molar-refractivity contribution in [3.63, 3.8) is 0 Å². The summed E-state index contributed by atoms with van der Waals surface area (Å²) < 4.78 is 18.8. The number of aliphatic carboxylic acids is 1. The van der Waals surface area contributed by atoms with Crippen LogP contribution in [0.4, 0.5) is 4.39 Å². The van der Waals surface area contributed by atoms with E-state index in [1.165, 1.54) is 13.2 Å². The van der Waals surface area contributed by atoms with Crippen LogP contribution in [-0.2, 0) is 11.3 Å². The predicted octanol–water partition coefficient (Wildman–Crippen LogP) is 2.27. The van der Waals surface area contributed by atoms with E-state index >= 15 is 0 Å². The Morgan fingerprint density at radius 1 is 1.53 bits per heavy atom. The van der Waals surface area contributed by atoms with Gasteiger partial charge in [-0.25, -0.2) is 4.39 Å². The number of benzene rings is 1. The van der Waals surface area contributed by atoms with Gasteiger partial charge >= 0.3 is 5.97 Å². The molecule has 2 rings (SSSR count). The van der Waals surface area contributed by atoms with Crippen LogP contribution in [0, 0.1) is 5.82 Å². The summed E-state index contributed by atoms with van der Waals surface area (Å²) in [7, 11) is 1.50. The molecule has 0 heterocycles. The van der Waals surface area contributed by atoms with Crippen LogP contribution in [0.2, 0.25) is 0 Å². The van der Waals surface area contributed by atoms with Crippen molar-refractivity contribution in [3.05, 3.63) is 29.6 Å². The SMILES string of the molecule is COc1ccc(CN(CCC(=O)O)C2CC2)c(F)c1. The van der Waals surface area contributed by atoms with Crippen LogP contribution in [-0.4, -0.2) is 35.7 Å². The number of carboxylic acids is 1. The number of carbonyl (C=O) groups is 1. The summed E-state index contributed by atoms with van der Waals surface area (Å²) in [5.74, 6) is -0.633. The van der Waals surface area contributed by atoms with Crippen molar-refractivity contribution in [2.45, 2.75) is 31.8 Å². The van der Waals surface area contributed by atoms with E-state index < -0.39 is 5.97 Å². The summed E-state index contributed by atoms with van der Waals surface area (Å²) in [6, 6.07) is 5.18. The highest BCUT2D eigenvalue weighted by Crippen LogP contribution is 2.29. The lowest BCUT2D eigenvalue weighted by Crippen LogP contribution is -2.28. The Hall–Kier alpha value is -1.62. The van der Waals surface area contributed by atoms with Gasteiger partial charge < -0.3 is 9.84 Å². The normalized spacial score (nSPS) is 14.7. The zero-order chi connectivity index (χ0) is 13.8. The first-order valence-electron chi connectivity index (χ1n) is 6.38. The van der Waals surface area contributed by atoms with Crippen LogP contribution in [0.1, 0.15) is 24.8 Å². The van der Waals surface area contributed by atoms with E-state index in [9.17, 15) is 9.18 Å². The minimum absolute atomic E-state index is 0.0915. The molecule has 19 heavy (non-hydrogen) atoms. The molecule has 0 amide bonds. The third-order valence-corrected chi connectivity index (χ3v) is 3.31. The van der Waals surface area contributed by atoms with Crippen LogP contribution in [0.15, 0.2) is 18.2 Å². The van der Waals surface area contributed by atoms with Gasteiger partial charge in [0.2, 0.25) is 0 Å². The number of carboxylic acid groups (broad SMARTS) is 1. The van der Waals surface area contributed by atoms with E-state index in [1.54, 1.807) is 12.1 Å². The molecule has 1 aliphatic carbocycles. The van der Waals surface area contributed by atoms with Gasteiger partial charge in [0.1, 0.15) is 11.6 Å². The van der Waals surface area contributed by atoms with Gasteiger partial charge in [-0.3, -0.25) is 9.69 Å². The summed E-state index contributed by atoms with van der Waals surface area (Å²) in [6.45, 7) is 0.916. The quantitative estimate of drug-likeness (QED) is 0.823. The van der Waals surface area contributed by atoms with Gasteiger partial charge in [0.15, 0.2) is 0 Å². The molecule has 0 radical (unpaired) electrons. The van der Waals surface area contributed by atoms with E-state index in [4.69, 9.17) is 9.84 Å². The maximum absolute atomic E-state index is 13.9. The topological polar surface area (TPSA) is 49.8 Å². The minimum atomic E-state index is -0.819. The Morgan fingerprint density at radius 3 is 2.79 bits per heavy atom. The molecule has 1 saturated carbocycles. The van der Waals surface area contributed by atoms with Crippen LogP contribution in [0.3, 0.4) is 0 Å². The van der Waals surface area contributed by atoms with E-state index in [1.807, 2.05) is 4.90 Å². The molecule has 1 aromatic rings. The lowest BCUT2D eigenvalue weighted by molar-refractivity contribution is -0.137. The van der Waals surface area contributed by atoms with Crippen molar-refractivity contribution in [2.75, 3.05) is 13.7 Å². The summed E-state index contributed by atoms with van der Waals surface area (Å²) in [4.78, 5) is 12.7. The molecule has 0 aliphatic heterocycles. The van der Waals surface area contributed by atoms with Crippen LogP contribution in [0.25, 0.3) is 0 Å². The maximum Gasteiger partial charge on any atom is 0.304 e. The third-order valence-electron chi connectivity index (χ3n) is 3.31. The van der Waals surface area contributed by atoms with Crippen molar-refractivity contribution >= 4 is 5.97 Å². The molecule has 0 atom stereocenters. The lowest BCUT2D eigenvalue weighted by atomic mass is 10.2. The second-order valence-electron chi connectivity index (χ2n) is 4.80. The van der Waals surface area contributed by atoms with Gasteiger partial charge in [-0.05, 0) is 18.9 Å². The molecule has 104 valence electrons. The van der Waals surface area contributed by atoms with Crippen LogP contribution in [0.5, 0.6) is 5.75 Å². The smallest absolute Gasteiger partial charge is 0.304 e. The standard InChI is InChI=1S/C14H18FNO3/c1-19-12-5-2-10(13(15)8-12)9-16(11-3-4-11)7-6-14(17)18/h2,5,8,11H,3-4,6-7,9H2,1H3,(H,17,18). The number of nitrogens with zero attached hydrogens (tertiary/aromatic N) is 1. The number of halogens is 1. The molecular formula is C14H18FNO3. The number of hydrogen-bond donors (Lipinski definition) is 1. The fourth-order valence-corrected chi connectivity index (χ4v) is 2.07. The molecular weight excluding hydrogens is 249 g/mol. The number of hydrogen-bond acceptors (Lipinski definition) is 3. The fourth-order valence-electron chi connectivity index (χ4n) is 2.07. The summed E-state index contributed by atoms with van der Waals surface area (Å²) >= 11 is 0. The van der Waals surface area contributed by atoms with Gasteiger partial charge in [0.05, 0.1) is 13.5 Å². The van der Waals surface area contributed by atoms with Gasteiger partial charge in [0.25, 0.3) is 0 Å². The summed E-state index contributed by atoms with van der Waals surface area (Å²) in [6.07, 6.45) is 2.23. The molecule has 1 aliphatic rings. The third kappa shape index (κ3) is 3.92. The van der Waals surface area contributed by atoms with Crippen molar-refractivity contribution in [1.29, 1.82) is 0 Å². The monoisotopic (exact) mass is 267 g/mol. The molecule has 0 bridgehead atoms. The summed E-state index contributed by atoms with van der Waals surface area (Å²) in [5, 5.41) is 8.74.